The van der Waals surface area contributed by atoms with Crippen LogP contribution in [0.1, 0.15) is 31.2 Å². The van der Waals surface area contributed by atoms with Gasteiger partial charge in [0, 0.05) is 11.6 Å². The van der Waals surface area contributed by atoms with Crippen LogP contribution in [0.15, 0.2) is 6.20 Å². The predicted molar refractivity (Wildman–Crippen MR) is 48.3 cm³/mol. The van der Waals surface area contributed by atoms with Gasteiger partial charge in [0.25, 0.3) is 0 Å². The summed E-state index contributed by atoms with van der Waals surface area (Å²) < 4.78 is 0. The van der Waals surface area contributed by atoms with E-state index in [0.717, 1.165) is 18.7 Å². The summed E-state index contributed by atoms with van der Waals surface area (Å²) in [5.41, 5.74) is 0.451. The fraction of sp³-hybridized carbons (Fsp3) is 0.444. The second kappa shape index (κ2) is 2.68. The lowest BCUT2D eigenvalue weighted by Crippen LogP contribution is -2.07. The number of nitrogens with zero attached hydrogens (tertiary/aromatic N) is 3. The fourth-order valence-electron chi connectivity index (χ4n) is 1.14. The van der Waals surface area contributed by atoms with Crippen LogP contribution in [0.25, 0.3) is 0 Å². The van der Waals surface area contributed by atoms with Gasteiger partial charge in [-0.2, -0.15) is 5.26 Å². The Morgan fingerprint density at radius 2 is 2.31 bits per heavy atom. The number of rotatable bonds is 1. The molecule has 0 amide bonds. The van der Waals surface area contributed by atoms with E-state index < -0.39 is 0 Å². The molecule has 0 bridgehead atoms. The molecule has 4 heteroatoms. The van der Waals surface area contributed by atoms with Crippen molar-refractivity contribution in [3.05, 3.63) is 22.7 Å². The lowest BCUT2D eigenvalue weighted by atomic mass is 10.1. The second-order valence-corrected chi connectivity index (χ2v) is 3.93. The lowest BCUT2D eigenvalue weighted by molar-refractivity contribution is 0.707. The van der Waals surface area contributed by atoms with Crippen molar-refractivity contribution in [1.29, 1.82) is 5.26 Å². The number of nitriles is 1. The van der Waals surface area contributed by atoms with Crippen molar-refractivity contribution in [1.82, 2.24) is 9.97 Å². The van der Waals surface area contributed by atoms with Gasteiger partial charge in [-0.15, -0.1) is 0 Å². The molecule has 0 radical (unpaired) electrons. The topological polar surface area (TPSA) is 49.6 Å². The van der Waals surface area contributed by atoms with Gasteiger partial charge in [0.2, 0.25) is 0 Å². The second-order valence-electron chi connectivity index (χ2n) is 3.57. The monoisotopic (exact) mass is 193 g/mol. The number of hydrogen-bond donors (Lipinski definition) is 0. The summed E-state index contributed by atoms with van der Waals surface area (Å²) in [6.45, 7) is 2.10. The molecule has 1 aliphatic rings. The molecule has 1 saturated carbocycles. The van der Waals surface area contributed by atoms with Crippen molar-refractivity contribution in [2.45, 2.75) is 25.2 Å². The first kappa shape index (κ1) is 8.46. The van der Waals surface area contributed by atoms with Gasteiger partial charge in [0.1, 0.15) is 17.5 Å². The Labute approximate surface area is 81.4 Å². The molecule has 3 nitrogen and oxygen atoms in total. The van der Waals surface area contributed by atoms with Crippen molar-refractivity contribution in [2.24, 2.45) is 0 Å². The Morgan fingerprint density at radius 3 is 2.77 bits per heavy atom. The van der Waals surface area contributed by atoms with Crippen LogP contribution < -0.4 is 0 Å². The number of halogens is 1. The molecular weight excluding hydrogens is 186 g/mol. The van der Waals surface area contributed by atoms with Crippen molar-refractivity contribution in [3.63, 3.8) is 0 Å². The molecule has 2 rings (SSSR count). The molecule has 0 N–H and O–H groups in total. The van der Waals surface area contributed by atoms with Gasteiger partial charge in [-0.3, -0.25) is 0 Å². The molecule has 0 aromatic carbocycles. The normalized spacial score (nSPS) is 17.9. The van der Waals surface area contributed by atoms with E-state index in [1.807, 2.05) is 6.07 Å². The molecule has 0 saturated heterocycles. The van der Waals surface area contributed by atoms with Gasteiger partial charge < -0.3 is 0 Å². The SMILES string of the molecule is CC1(c2ncc(C#N)c(Cl)n2)CC1. The first-order chi connectivity index (χ1) is 6.15. The van der Waals surface area contributed by atoms with Gasteiger partial charge >= 0.3 is 0 Å². The average Bonchev–Trinajstić information content (AvgIpc) is 2.85. The van der Waals surface area contributed by atoms with Gasteiger partial charge in [-0.05, 0) is 12.8 Å². The minimum absolute atomic E-state index is 0.109. The van der Waals surface area contributed by atoms with E-state index in [1.54, 1.807) is 0 Å². The van der Waals surface area contributed by atoms with Gasteiger partial charge in [-0.25, -0.2) is 9.97 Å². The Morgan fingerprint density at radius 1 is 1.62 bits per heavy atom. The minimum atomic E-state index is 0.109. The highest BCUT2D eigenvalue weighted by molar-refractivity contribution is 6.30. The summed E-state index contributed by atoms with van der Waals surface area (Å²) in [7, 11) is 0. The average molecular weight is 194 g/mol. The third-order valence-corrected chi connectivity index (χ3v) is 2.69. The summed E-state index contributed by atoms with van der Waals surface area (Å²) in [6.07, 6.45) is 3.71. The zero-order valence-electron chi connectivity index (χ0n) is 7.21. The van der Waals surface area contributed by atoms with E-state index in [1.165, 1.54) is 6.20 Å². The van der Waals surface area contributed by atoms with Gasteiger partial charge in [0.15, 0.2) is 5.15 Å². The Balaban J connectivity index is 2.43. The summed E-state index contributed by atoms with van der Waals surface area (Å²) in [4.78, 5) is 8.24. The maximum Gasteiger partial charge on any atom is 0.150 e. The summed E-state index contributed by atoms with van der Waals surface area (Å²) in [6, 6.07) is 1.94. The van der Waals surface area contributed by atoms with Crippen LogP contribution in [0.3, 0.4) is 0 Å². The molecule has 13 heavy (non-hydrogen) atoms. The molecule has 1 aromatic heterocycles. The zero-order valence-corrected chi connectivity index (χ0v) is 7.97. The molecule has 1 aromatic rings. The van der Waals surface area contributed by atoms with E-state index >= 15 is 0 Å². The highest BCUT2D eigenvalue weighted by Gasteiger charge is 2.42. The van der Waals surface area contributed by atoms with E-state index in [-0.39, 0.29) is 10.6 Å². The van der Waals surface area contributed by atoms with Crippen LogP contribution in [0.4, 0.5) is 0 Å². The van der Waals surface area contributed by atoms with Crippen LogP contribution >= 0.6 is 11.6 Å². The maximum atomic E-state index is 8.61. The highest BCUT2D eigenvalue weighted by Crippen LogP contribution is 2.45. The Kier molecular flexibility index (Phi) is 1.74. The smallest absolute Gasteiger partial charge is 0.150 e. The molecule has 0 aliphatic heterocycles. The van der Waals surface area contributed by atoms with Gasteiger partial charge in [0.05, 0.1) is 0 Å². The molecule has 66 valence electrons. The van der Waals surface area contributed by atoms with Crippen molar-refractivity contribution >= 4 is 11.6 Å². The van der Waals surface area contributed by atoms with Crippen LogP contribution in [-0.4, -0.2) is 9.97 Å². The third kappa shape index (κ3) is 1.38. The van der Waals surface area contributed by atoms with Crippen molar-refractivity contribution in [3.8, 4) is 6.07 Å². The van der Waals surface area contributed by atoms with Crippen LogP contribution in [0, 0.1) is 11.3 Å². The van der Waals surface area contributed by atoms with E-state index in [4.69, 9.17) is 16.9 Å². The Bertz CT molecular complexity index is 390. The summed E-state index contributed by atoms with van der Waals surface area (Å²) in [5, 5.41) is 8.88. The third-order valence-electron chi connectivity index (χ3n) is 2.40. The van der Waals surface area contributed by atoms with Crippen LogP contribution in [0.5, 0.6) is 0 Å². The quantitative estimate of drug-likeness (QED) is 0.642. The largest absolute Gasteiger partial charge is 0.239 e. The van der Waals surface area contributed by atoms with E-state index in [2.05, 4.69) is 16.9 Å². The molecule has 1 fully saturated rings. The van der Waals surface area contributed by atoms with Gasteiger partial charge in [-0.1, -0.05) is 18.5 Å². The summed E-state index contributed by atoms with van der Waals surface area (Å²) >= 11 is 5.79. The first-order valence-corrected chi connectivity index (χ1v) is 4.47. The standard InChI is InChI=1S/C9H8ClN3/c1-9(2-3-9)8-12-5-6(4-11)7(10)13-8/h5H,2-3H2,1H3. The zero-order chi connectivity index (χ0) is 9.47. The van der Waals surface area contributed by atoms with Crippen LogP contribution in [-0.2, 0) is 5.41 Å². The predicted octanol–water partition coefficient (Wildman–Crippen LogP) is 2.05. The lowest BCUT2D eigenvalue weighted by Gasteiger charge is -2.05. The first-order valence-electron chi connectivity index (χ1n) is 4.09. The molecule has 0 spiro atoms. The Hall–Kier alpha value is -1.14. The highest BCUT2D eigenvalue weighted by atomic mass is 35.5. The fourth-order valence-corrected chi connectivity index (χ4v) is 1.31. The van der Waals surface area contributed by atoms with Crippen molar-refractivity contribution < 1.29 is 0 Å². The molecule has 0 atom stereocenters. The van der Waals surface area contributed by atoms with Crippen LogP contribution in [0.2, 0.25) is 5.15 Å². The van der Waals surface area contributed by atoms with Crippen molar-refractivity contribution in [2.75, 3.05) is 0 Å². The number of hydrogen-bond acceptors (Lipinski definition) is 3. The van der Waals surface area contributed by atoms with E-state index in [0.29, 0.717) is 5.56 Å². The maximum absolute atomic E-state index is 8.61. The summed E-state index contributed by atoms with van der Waals surface area (Å²) in [5.74, 6) is 0.761. The van der Waals surface area contributed by atoms with E-state index in [9.17, 15) is 0 Å². The number of aromatic nitrogens is 2. The molecular formula is C9H8ClN3. The molecule has 1 heterocycles. The molecule has 0 unspecified atom stereocenters. The molecule has 1 aliphatic carbocycles. The minimum Gasteiger partial charge on any atom is -0.239 e.